The molecule has 0 bridgehead atoms. The van der Waals surface area contributed by atoms with Gasteiger partial charge in [-0.25, -0.2) is 0 Å². The number of morpholine rings is 1. The fourth-order valence-electron chi connectivity index (χ4n) is 2.80. The molecule has 1 atom stereocenters. The van der Waals surface area contributed by atoms with E-state index in [1.165, 1.54) is 17.7 Å². The summed E-state index contributed by atoms with van der Waals surface area (Å²) in [7, 11) is 0. The first kappa shape index (κ1) is 14.5. The lowest BCUT2D eigenvalue weighted by Gasteiger charge is -2.31. The monoisotopic (exact) mass is 296 g/mol. The zero-order valence-electron chi connectivity index (χ0n) is 11.9. The molecule has 1 aliphatic carbocycles. The first-order chi connectivity index (χ1) is 9.81. The van der Waals surface area contributed by atoms with E-state index in [9.17, 15) is 5.11 Å². The molecule has 1 saturated carbocycles. The fraction of sp³-hybridized carbons (Fsp3) is 0.733. The van der Waals surface area contributed by atoms with Crippen molar-refractivity contribution in [1.82, 2.24) is 9.80 Å². The van der Waals surface area contributed by atoms with Crippen LogP contribution in [0, 0.1) is 0 Å². The Balaban J connectivity index is 1.47. The van der Waals surface area contributed by atoms with Crippen molar-refractivity contribution in [3.8, 4) is 0 Å². The van der Waals surface area contributed by atoms with Crippen molar-refractivity contribution in [1.29, 1.82) is 0 Å². The smallest absolute Gasteiger partial charge is 0.0794 e. The summed E-state index contributed by atoms with van der Waals surface area (Å²) < 4.78 is 5.35. The first-order valence-electron chi connectivity index (χ1n) is 7.56. The number of hydrogen-bond acceptors (Lipinski definition) is 5. The van der Waals surface area contributed by atoms with E-state index >= 15 is 0 Å². The van der Waals surface area contributed by atoms with Crippen molar-refractivity contribution >= 4 is 11.3 Å². The van der Waals surface area contributed by atoms with Crippen LogP contribution in [0.25, 0.3) is 0 Å². The van der Waals surface area contributed by atoms with E-state index in [0.29, 0.717) is 6.04 Å². The summed E-state index contributed by atoms with van der Waals surface area (Å²) in [6.45, 7) is 6.05. The summed E-state index contributed by atoms with van der Waals surface area (Å²) >= 11 is 1.81. The number of β-amino-alcohol motifs (C(OH)–C–C–N with tert-alkyl or cyclic N) is 1. The van der Waals surface area contributed by atoms with Gasteiger partial charge in [-0.3, -0.25) is 9.80 Å². The molecule has 4 nitrogen and oxygen atoms in total. The molecule has 1 saturated heterocycles. The highest BCUT2D eigenvalue weighted by Crippen LogP contribution is 2.29. The van der Waals surface area contributed by atoms with Gasteiger partial charge in [0, 0.05) is 43.6 Å². The van der Waals surface area contributed by atoms with Crippen LogP contribution in [0.15, 0.2) is 17.5 Å². The number of hydrogen-bond donors (Lipinski definition) is 1. The van der Waals surface area contributed by atoms with Crippen LogP contribution in [0.2, 0.25) is 0 Å². The largest absolute Gasteiger partial charge is 0.390 e. The maximum atomic E-state index is 10.4. The van der Waals surface area contributed by atoms with E-state index < -0.39 is 0 Å². The molecule has 2 fully saturated rings. The van der Waals surface area contributed by atoms with E-state index in [-0.39, 0.29) is 6.10 Å². The Morgan fingerprint density at radius 1 is 1.40 bits per heavy atom. The predicted molar refractivity (Wildman–Crippen MR) is 81.0 cm³/mol. The molecule has 0 aromatic carbocycles. The van der Waals surface area contributed by atoms with Gasteiger partial charge in [-0.15, -0.1) is 11.3 Å². The molecule has 5 heteroatoms. The SMILES string of the molecule is OC(CN1CCOCC1)CN(Cc1cccs1)C1CC1. The second-order valence-electron chi connectivity index (χ2n) is 5.81. The zero-order valence-corrected chi connectivity index (χ0v) is 12.7. The third kappa shape index (κ3) is 4.27. The van der Waals surface area contributed by atoms with Crippen LogP contribution >= 0.6 is 11.3 Å². The minimum Gasteiger partial charge on any atom is -0.390 e. The van der Waals surface area contributed by atoms with Gasteiger partial charge < -0.3 is 9.84 Å². The standard InChI is InChI=1S/C15H24N2O2S/c18-14(10-16-5-7-19-8-6-16)11-17(13-3-4-13)12-15-2-1-9-20-15/h1-2,9,13-14,18H,3-8,10-12H2. The Morgan fingerprint density at radius 2 is 2.20 bits per heavy atom. The van der Waals surface area contributed by atoms with Crippen LogP contribution in [-0.2, 0) is 11.3 Å². The molecule has 0 radical (unpaired) electrons. The number of ether oxygens (including phenoxy) is 1. The molecule has 1 aliphatic heterocycles. The molecular weight excluding hydrogens is 272 g/mol. The van der Waals surface area contributed by atoms with Gasteiger partial charge in [-0.05, 0) is 24.3 Å². The van der Waals surface area contributed by atoms with Crippen LogP contribution in [0.1, 0.15) is 17.7 Å². The molecule has 3 rings (SSSR count). The number of thiophene rings is 1. The summed E-state index contributed by atoms with van der Waals surface area (Å²) in [5.74, 6) is 0. The highest BCUT2D eigenvalue weighted by molar-refractivity contribution is 7.09. The number of aliphatic hydroxyl groups excluding tert-OH is 1. The Kier molecular flexibility index (Phi) is 5.07. The highest BCUT2D eigenvalue weighted by atomic mass is 32.1. The number of aliphatic hydroxyl groups is 1. The molecule has 112 valence electrons. The topological polar surface area (TPSA) is 35.9 Å². The van der Waals surface area contributed by atoms with Gasteiger partial charge in [0.25, 0.3) is 0 Å². The summed E-state index contributed by atoms with van der Waals surface area (Å²) in [6, 6.07) is 4.99. The minimum atomic E-state index is -0.256. The highest BCUT2D eigenvalue weighted by Gasteiger charge is 2.30. The van der Waals surface area contributed by atoms with Crippen LogP contribution in [0.3, 0.4) is 0 Å². The lowest BCUT2D eigenvalue weighted by Crippen LogP contribution is -2.44. The van der Waals surface area contributed by atoms with Crippen LogP contribution in [-0.4, -0.2) is 66.4 Å². The normalized spacial score (nSPS) is 22.3. The van der Waals surface area contributed by atoms with Crippen molar-refractivity contribution in [2.24, 2.45) is 0 Å². The van der Waals surface area contributed by atoms with Crippen LogP contribution in [0.5, 0.6) is 0 Å². The van der Waals surface area contributed by atoms with Crippen molar-refractivity contribution in [2.75, 3.05) is 39.4 Å². The van der Waals surface area contributed by atoms with Crippen molar-refractivity contribution in [3.63, 3.8) is 0 Å². The third-order valence-corrected chi connectivity index (χ3v) is 4.88. The van der Waals surface area contributed by atoms with Gasteiger partial charge >= 0.3 is 0 Å². The zero-order chi connectivity index (χ0) is 13.8. The second-order valence-corrected chi connectivity index (χ2v) is 6.84. The van der Waals surface area contributed by atoms with E-state index in [1.54, 1.807) is 0 Å². The van der Waals surface area contributed by atoms with E-state index in [4.69, 9.17) is 4.74 Å². The summed E-state index contributed by atoms with van der Waals surface area (Å²) in [6.07, 6.45) is 2.32. The van der Waals surface area contributed by atoms with Gasteiger partial charge in [0.1, 0.15) is 0 Å². The Bertz CT molecular complexity index is 389. The van der Waals surface area contributed by atoms with Crippen molar-refractivity contribution in [2.45, 2.75) is 31.5 Å². The number of rotatable bonds is 7. The predicted octanol–water partition coefficient (Wildman–Crippen LogP) is 1.41. The number of nitrogens with zero attached hydrogens (tertiary/aromatic N) is 2. The molecule has 1 N–H and O–H groups in total. The Morgan fingerprint density at radius 3 is 2.85 bits per heavy atom. The van der Waals surface area contributed by atoms with Gasteiger partial charge in [0.15, 0.2) is 0 Å². The molecular formula is C15H24N2O2S. The summed E-state index contributed by atoms with van der Waals surface area (Å²) in [5, 5.41) is 12.5. The van der Waals surface area contributed by atoms with Gasteiger partial charge in [0.05, 0.1) is 19.3 Å². The lowest BCUT2D eigenvalue weighted by atomic mass is 10.2. The van der Waals surface area contributed by atoms with E-state index in [2.05, 4.69) is 27.3 Å². The summed E-state index contributed by atoms with van der Waals surface area (Å²) in [4.78, 5) is 6.16. The summed E-state index contributed by atoms with van der Waals surface area (Å²) in [5.41, 5.74) is 0. The molecule has 0 spiro atoms. The van der Waals surface area contributed by atoms with Gasteiger partial charge in [-0.1, -0.05) is 6.07 Å². The van der Waals surface area contributed by atoms with Gasteiger partial charge in [-0.2, -0.15) is 0 Å². The maximum absolute atomic E-state index is 10.4. The molecule has 20 heavy (non-hydrogen) atoms. The Hall–Kier alpha value is -0.460. The fourth-order valence-corrected chi connectivity index (χ4v) is 3.52. The molecule has 0 amide bonds. The van der Waals surface area contributed by atoms with Gasteiger partial charge in [0.2, 0.25) is 0 Å². The second kappa shape index (κ2) is 7.00. The maximum Gasteiger partial charge on any atom is 0.0794 e. The molecule has 2 heterocycles. The average molecular weight is 296 g/mol. The van der Waals surface area contributed by atoms with Crippen LogP contribution < -0.4 is 0 Å². The Labute approximate surface area is 125 Å². The van der Waals surface area contributed by atoms with E-state index in [1.807, 2.05) is 11.3 Å². The average Bonchev–Trinajstić information content (AvgIpc) is 3.18. The lowest BCUT2D eigenvalue weighted by molar-refractivity contribution is 0.00559. The molecule has 2 aliphatic rings. The molecule has 1 unspecified atom stereocenters. The molecule has 1 aromatic rings. The molecule has 1 aromatic heterocycles. The first-order valence-corrected chi connectivity index (χ1v) is 8.44. The van der Waals surface area contributed by atoms with Crippen molar-refractivity contribution in [3.05, 3.63) is 22.4 Å². The minimum absolute atomic E-state index is 0.256. The quantitative estimate of drug-likeness (QED) is 0.825. The third-order valence-electron chi connectivity index (χ3n) is 4.02. The van der Waals surface area contributed by atoms with Crippen molar-refractivity contribution < 1.29 is 9.84 Å². The van der Waals surface area contributed by atoms with E-state index in [0.717, 1.165) is 45.9 Å². The van der Waals surface area contributed by atoms with Crippen LogP contribution in [0.4, 0.5) is 0 Å².